The van der Waals surface area contributed by atoms with Crippen molar-refractivity contribution >= 4 is 43.4 Å². The second-order valence-electron chi connectivity index (χ2n) is 12.1. The van der Waals surface area contributed by atoms with Crippen LogP contribution in [-0.2, 0) is 0 Å². The van der Waals surface area contributed by atoms with Gasteiger partial charge in [-0.25, -0.2) is 0 Å². The lowest BCUT2D eigenvalue weighted by atomic mass is 9.90. The number of para-hydroxylation sites is 3. The van der Waals surface area contributed by atoms with E-state index >= 15 is 0 Å². The van der Waals surface area contributed by atoms with Crippen LogP contribution < -0.4 is 4.74 Å². The Morgan fingerprint density at radius 3 is 1.93 bits per heavy atom. The molecule has 0 aliphatic carbocycles. The fourth-order valence-electron chi connectivity index (χ4n) is 7.57. The van der Waals surface area contributed by atoms with Crippen LogP contribution in [0.3, 0.4) is 0 Å². The Morgan fingerprint density at radius 1 is 0.391 bits per heavy atom. The monoisotopic (exact) mass is 585 g/mol. The SMILES string of the molecule is c1ccc(-n2c3ccccc3c3c4ccccc4cc(-c4ccc(-c5ccc6c7c(cccc57)-c5ccccc5O6)cc4)c32)cc1. The Morgan fingerprint density at radius 2 is 1.07 bits per heavy atom. The fourth-order valence-corrected chi connectivity index (χ4v) is 7.57. The minimum Gasteiger partial charge on any atom is -0.456 e. The van der Waals surface area contributed by atoms with Gasteiger partial charge in [-0.15, -0.1) is 0 Å². The largest absolute Gasteiger partial charge is 0.456 e. The van der Waals surface area contributed by atoms with Crippen LogP contribution in [0.15, 0.2) is 164 Å². The average Bonchev–Trinajstić information content (AvgIpc) is 3.48. The number of hydrogen-bond donors (Lipinski definition) is 0. The highest BCUT2D eigenvalue weighted by atomic mass is 16.5. The van der Waals surface area contributed by atoms with Crippen molar-refractivity contribution < 1.29 is 4.74 Å². The molecule has 0 N–H and O–H groups in total. The summed E-state index contributed by atoms with van der Waals surface area (Å²) in [6.45, 7) is 0. The maximum Gasteiger partial charge on any atom is 0.135 e. The topological polar surface area (TPSA) is 14.2 Å². The third-order valence-electron chi connectivity index (χ3n) is 9.58. The number of hydrogen-bond acceptors (Lipinski definition) is 1. The van der Waals surface area contributed by atoms with Crippen LogP contribution >= 0.6 is 0 Å². The maximum atomic E-state index is 6.36. The van der Waals surface area contributed by atoms with Crippen LogP contribution in [0.1, 0.15) is 0 Å². The van der Waals surface area contributed by atoms with Crippen LogP contribution in [0.5, 0.6) is 11.5 Å². The second kappa shape index (κ2) is 9.69. The van der Waals surface area contributed by atoms with E-state index in [9.17, 15) is 0 Å². The van der Waals surface area contributed by atoms with Crippen LogP contribution in [0.25, 0.3) is 82.4 Å². The molecule has 2 heteroatoms. The van der Waals surface area contributed by atoms with Gasteiger partial charge in [0, 0.05) is 33.0 Å². The minimum absolute atomic E-state index is 0.911. The Bertz CT molecular complexity index is 2650. The first-order valence-electron chi connectivity index (χ1n) is 15.8. The van der Waals surface area contributed by atoms with E-state index in [-0.39, 0.29) is 0 Å². The lowest BCUT2D eigenvalue weighted by molar-refractivity contribution is 0.487. The molecule has 0 bridgehead atoms. The van der Waals surface area contributed by atoms with Crippen molar-refractivity contribution in [1.82, 2.24) is 4.57 Å². The molecule has 1 aromatic heterocycles. The van der Waals surface area contributed by atoms with Gasteiger partial charge in [0.15, 0.2) is 0 Å². The smallest absolute Gasteiger partial charge is 0.135 e. The second-order valence-corrected chi connectivity index (χ2v) is 12.1. The Hall–Kier alpha value is -6.12. The van der Waals surface area contributed by atoms with Gasteiger partial charge in [0.2, 0.25) is 0 Å². The highest BCUT2D eigenvalue weighted by molar-refractivity contribution is 6.25. The van der Waals surface area contributed by atoms with Gasteiger partial charge < -0.3 is 9.30 Å². The van der Waals surface area contributed by atoms with Gasteiger partial charge in [0.05, 0.1) is 11.0 Å². The summed E-state index contributed by atoms with van der Waals surface area (Å²) < 4.78 is 8.80. The highest BCUT2D eigenvalue weighted by Crippen LogP contribution is 2.49. The van der Waals surface area contributed by atoms with E-state index in [0.717, 1.165) is 22.7 Å². The molecule has 0 amide bonds. The summed E-state index contributed by atoms with van der Waals surface area (Å²) in [7, 11) is 0. The van der Waals surface area contributed by atoms with E-state index in [1.54, 1.807) is 0 Å². The van der Waals surface area contributed by atoms with Crippen molar-refractivity contribution in [2.45, 2.75) is 0 Å². The Kier molecular flexibility index (Phi) is 5.31. The van der Waals surface area contributed by atoms with Crippen molar-refractivity contribution in [2.75, 3.05) is 0 Å². The minimum atomic E-state index is 0.911. The molecule has 1 aliphatic heterocycles. The first-order chi connectivity index (χ1) is 22.8. The standard InChI is InChI=1S/C44H27NO/c1-2-12-31(13-3-1)45-39-19-8-6-16-37(39)43-33-14-5-4-11-30(33)27-38(44(43)45)29-23-21-28(22-24-29)32-25-26-41-42-35(32)17-10-18-36(42)34-15-7-9-20-40(34)46-41/h1-27H. The summed E-state index contributed by atoms with van der Waals surface area (Å²) in [5, 5.41) is 7.45. The van der Waals surface area contributed by atoms with Crippen molar-refractivity contribution in [3.8, 4) is 50.6 Å². The number of fused-ring (bicyclic) bond motifs is 7. The molecule has 9 aromatic rings. The summed E-state index contributed by atoms with van der Waals surface area (Å²) in [6, 6.07) is 59.0. The molecule has 2 nitrogen and oxygen atoms in total. The average molecular weight is 586 g/mol. The maximum absolute atomic E-state index is 6.36. The molecule has 0 radical (unpaired) electrons. The van der Waals surface area contributed by atoms with E-state index in [0.29, 0.717) is 0 Å². The molecular weight excluding hydrogens is 558 g/mol. The summed E-state index contributed by atoms with van der Waals surface area (Å²) in [6.07, 6.45) is 0. The predicted octanol–water partition coefficient (Wildman–Crippen LogP) is 12.2. The molecule has 46 heavy (non-hydrogen) atoms. The molecule has 8 aromatic carbocycles. The summed E-state index contributed by atoms with van der Waals surface area (Å²) in [5.41, 5.74) is 10.8. The summed E-state index contributed by atoms with van der Waals surface area (Å²) >= 11 is 0. The zero-order valence-electron chi connectivity index (χ0n) is 24.9. The molecule has 0 unspecified atom stereocenters. The van der Waals surface area contributed by atoms with E-state index in [1.807, 2.05) is 12.1 Å². The van der Waals surface area contributed by atoms with Gasteiger partial charge in [0.25, 0.3) is 0 Å². The van der Waals surface area contributed by atoms with Crippen LogP contribution in [0.4, 0.5) is 0 Å². The van der Waals surface area contributed by atoms with Gasteiger partial charge in [-0.3, -0.25) is 0 Å². The zero-order chi connectivity index (χ0) is 30.2. The van der Waals surface area contributed by atoms with Gasteiger partial charge in [0.1, 0.15) is 11.5 Å². The molecule has 1 aliphatic rings. The Balaban J connectivity index is 1.20. The summed E-state index contributed by atoms with van der Waals surface area (Å²) in [5.74, 6) is 1.83. The van der Waals surface area contributed by atoms with Gasteiger partial charge >= 0.3 is 0 Å². The lowest BCUT2D eigenvalue weighted by Gasteiger charge is -2.22. The van der Waals surface area contributed by atoms with Gasteiger partial charge in [-0.2, -0.15) is 0 Å². The molecular formula is C44H27NO. The normalized spacial score (nSPS) is 12.1. The molecule has 2 heterocycles. The molecule has 0 saturated carbocycles. The van der Waals surface area contributed by atoms with Crippen LogP contribution in [0.2, 0.25) is 0 Å². The lowest BCUT2D eigenvalue weighted by Crippen LogP contribution is -1.97. The van der Waals surface area contributed by atoms with Gasteiger partial charge in [-0.05, 0) is 74.8 Å². The Labute approximate surface area is 266 Å². The number of rotatable bonds is 3. The molecule has 0 saturated heterocycles. The number of ether oxygens (including phenoxy) is 1. The van der Waals surface area contributed by atoms with Crippen molar-refractivity contribution in [2.24, 2.45) is 0 Å². The molecule has 214 valence electrons. The van der Waals surface area contributed by atoms with Crippen molar-refractivity contribution in [3.05, 3.63) is 164 Å². The van der Waals surface area contributed by atoms with E-state index in [2.05, 4.69) is 156 Å². The first-order valence-corrected chi connectivity index (χ1v) is 15.8. The summed E-state index contributed by atoms with van der Waals surface area (Å²) in [4.78, 5) is 0. The molecule has 10 rings (SSSR count). The molecule has 0 fully saturated rings. The fraction of sp³-hybridized carbons (Fsp3) is 0. The molecule has 0 atom stereocenters. The van der Waals surface area contributed by atoms with Crippen LogP contribution in [0, 0.1) is 0 Å². The van der Waals surface area contributed by atoms with E-state index < -0.39 is 0 Å². The number of benzene rings is 8. The quantitative estimate of drug-likeness (QED) is 0.201. The zero-order valence-corrected chi connectivity index (χ0v) is 24.9. The third-order valence-corrected chi connectivity index (χ3v) is 9.58. The van der Waals surface area contributed by atoms with Gasteiger partial charge in [-0.1, -0.05) is 127 Å². The van der Waals surface area contributed by atoms with E-state index in [4.69, 9.17) is 4.74 Å². The highest BCUT2D eigenvalue weighted by Gasteiger charge is 2.22. The van der Waals surface area contributed by atoms with Crippen LogP contribution in [-0.4, -0.2) is 4.57 Å². The molecule has 0 spiro atoms. The predicted molar refractivity (Wildman–Crippen MR) is 192 cm³/mol. The van der Waals surface area contributed by atoms with Crippen molar-refractivity contribution in [1.29, 1.82) is 0 Å². The van der Waals surface area contributed by atoms with E-state index in [1.165, 1.54) is 71.2 Å². The number of nitrogens with zero attached hydrogens (tertiary/aromatic N) is 1. The number of aromatic nitrogens is 1. The van der Waals surface area contributed by atoms with Crippen molar-refractivity contribution in [3.63, 3.8) is 0 Å². The third kappa shape index (κ3) is 3.59. The first kappa shape index (κ1) is 25.2.